The first-order valence-electron chi connectivity index (χ1n) is 10.00. The molecule has 146 valence electrons. The molecular formula is C21H29ClN4O. The molecule has 6 heteroatoms. The molecule has 1 heterocycles. The monoisotopic (exact) mass is 388 g/mol. The van der Waals surface area contributed by atoms with Gasteiger partial charge in [-0.05, 0) is 30.5 Å². The van der Waals surface area contributed by atoms with Crippen molar-refractivity contribution in [3.63, 3.8) is 0 Å². The van der Waals surface area contributed by atoms with Crippen LogP contribution in [-0.4, -0.2) is 54.0 Å². The molecule has 1 N–H and O–H groups in total. The number of halogens is 1. The Kier molecular flexibility index (Phi) is 7.12. The van der Waals surface area contributed by atoms with Gasteiger partial charge < -0.3 is 5.32 Å². The van der Waals surface area contributed by atoms with Gasteiger partial charge in [0.1, 0.15) is 5.54 Å². The van der Waals surface area contributed by atoms with Crippen LogP contribution in [-0.2, 0) is 11.3 Å². The lowest BCUT2D eigenvalue weighted by Crippen LogP contribution is -2.53. The fourth-order valence-electron chi connectivity index (χ4n) is 4.11. The maximum atomic E-state index is 12.5. The predicted octanol–water partition coefficient (Wildman–Crippen LogP) is 3.19. The number of nitriles is 1. The highest BCUT2D eigenvalue weighted by Crippen LogP contribution is 2.26. The standard InChI is InChI=1S/C21H29ClN4O/c22-19-7-5-6-18(14-19)15-25-10-12-26(13-11-25)16-20(27)24-21(17-23)8-3-1-2-4-9-21/h5-7,14H,1-4,8-13,15-16H2,(H,24,27). The van der Waals surface area contributed by atoms with Crippen LogP contribution in [0.1, 0.15) is 44.1 Å². The number of carbonyl (C=O) groups excluding carboxylic acids is 1. The summed E-state index contributed by atoms with van der Waals surface area (Å²) >= 11 is 6.06. The summed E-state index contributed by atoms with van der Waals surface area (Å²) in [5.41, 5.74) is 0.570. The van der Waals surface area contributed by atoms with Crippen LogP contribution in [0.3, 0.4) is 0 Å². The summed E-state index contributed by atoms with van der Waals surface area (Å²) in [4.78, 5) is 17.1. The van der Waals surface area contributed by atoms with Crippen molar-refractivity contribution >= 4 is 17.5 Å². The highest BCUT2D eigenvalue weighted by atomic mass is 35.5. The number of carbonyl (C=O) groups is 1. The first-order chi connectivity index (χ1) is 13.1. The molecule has 2 fully saturated rings. The molecule has 3 rings (SSSR count). The molecular weight excluding hydrogens is 360 g/mol. The molecule has 1 aliphatic carbocycles. The number of benzene rings is 1. The molecule has 1 aliphatic heterocycles. The maximum Gasteiger partial charge on any atom is 0.235 e. The van der Waals surface area contributed by atoms with Gasteiger partial charge in [0.25, 0.3) is 0 Å². The van der Waals surface area contributed by atoms with Gasteiger partial charge in [0.05, 0.1) is 12.6 Å². The molecule has 1 aromatic rings. The van der Waals surface area contributed by atoms with E-state index in [0.29, 0.717) is 6.54 Å². The van der Waals surface area contributed by atoms with E-state index in [2.05, 4.69) is 27.3 Å². The molecule has 0 atom stereocenters. The van der Waals surface area contributed by atoms with E-state index in [9.17, 15) is 10.1 Å². The molecule has 0 aromatic heterocycles. The van der Waals surface area contributed by atoms with Gasteiger partial charge in [-0.1, -0.05) is 49.4 Å². The zero-order valence-corrected chi connectivity index (χ0v) is 16.7. The van der Waals surface area contributed by atoms with Crippen LogP contribution in [0.2, 0.25) is 5.02 Å². The summed E-state index contributed by atoms with van der Waals surface area (Å²) in [5.74, 6) is -0.0123. The largest absolute Gasteiger partial charge is 0.337 e. The molecule has 27 heavy (non-hydrogen) atoms. The van der Waals surface area contributed by atoms with Crippen molar-refractivity contribution in [2.45, 2.75) is 50.6 Å². The summed E-state index contributed by atoms with van der Waals surface area (Å²) in [5, 5.41) is 13.4. The lowest BCUT2D eigenvalue weighted by atomic mass is 9.92. The zero-order chi connectivity index (χ0) is 19.1. The predicted molar refractivity (Wildman–Crippen MR) is 107 cm³/mol. The SMILES string of the molecule is N#CC1(NC(=O)CN2CCN(Cc3cccc(Cl)c3)CC2)CCCCCC1. The molecule has 2 aliphatic rings. The fraction of sp³-hybridized carbons (Fsp3) is 0.619. The molecule has 1 saturated heterocycles. The van der Waals surface area contributed by atoms with E-state index in [4.69, 9.17) is 11.6 Å². The molecule has 0 bridgehead atoms. The van der Waals surface area contributed by atoms with Crippen LogP contribution in [0.4, 0.5) is 0 Å². The van der Waals surface area contributed by atoms with Crippen LogP contribution in [0.15, 0.2) is 24.3 Å². The van der Waals surface area contributed by atoms with Crippen LogP contribution >= 0.6 is 11.6 Å². The van der Waals surface area contributed by atoms with E-state index in [1.54, 1.807) is 0 Å². The Labute approximate surface area is 167 Å². The third-order valence-electron chi connectivity index (χ3n) is 5.68. The first-order valence-corrected chi connectivity index (χ1v) is 10.4. The van der Waals surface area contributed by atoms with Crippen LogP contribution in [0, 0.1) is 11.3 Å². The third kappa shape index (κ3) is 5.93. The van der Waals surface area contributed by atoms with Gasteiger partial charge in [0.2, 0.25) is 5.91 Å². The van der Waals surface area contributed by atoms with Gasteiger partial charge in [0, 0.05) is 37.7 Å². The summed E-state index contributed by atoms with van der Waals surface area (Å²) in [6.07, 6.45) is 5.93. The Morgan fingerprint density at radius 2 is 1.78 bits per heavy atom. The number of piperazine rings is 1. The smallest absolute Gasteiger partial charge is 0.235 e. The zero-order valence-electron chi connectivity index (χ0n) is 15.9. The first kappa shape index (κ1) is 20.1. The molecule has 0 unspecified atom stereocenters. The van der Waals surface area contributed by atoms with Gasteiger partial charge in [-0.25, -0.2) is 0 Å². The van der Waals surface area contributed by atoms with E-state index < -0.39 is 5.54 Å². The van der Waals surface area contributed by atoms with Gasteiger partial charge in [-0.2, -0.15) is 5.26 Å². The number of nitrogens with one attached hydrogen (secondary N) is 1. The Balaban J connectivity index is 1.44. The van der Waals surface area contributed by atoms with Crippen molar-refractivity contribution < 1.29 is 4.79 Å². The van der Waals surface area contributed by atoms with Crippen LogP contribution < -0.4 is 5.32 Å². The summed E-state index contributed by atoms with van der Waals surface area (Å²) < 4.78 is 0. The minimum absolute atomic E-state index is 0.0123. The molecule has 5 nitrogen and oxygen atoms in total. The number of hydrogen-bond donors (Lipinski definition) is 1. The van der Waals surface area contributed by atoms with Crippen molar-refractivity contribution in [1.29, 1.82) is 5.26 Å². The Morgan fingerprint density at radius 3 is 2.41 bits per heavy atom. The summed E-state index contributed by atoms with van der Waals surface area (Å²) in [6.45, 7) is 4.88. The minimum Gasteiger partial charge on any atom is -0.337 e. The van der Waals surface area contributed by atoms with E-state index in [-0.39, 0.29) is 5.91 Å². The molecule has 1 amide bonds. The second-order valence-electron chi connectivity index (χ2n) is 7.84. The highest BCUT2D eigenvalue weighted by Gasteiger charge is 2.33. The van der Waals surface area contributed by atoms with Gasteiger partial charge in [0.15, 0.2) is 0 Å². The van der Waals surface area contributed by atoms with E-state index in [1.165, 1.54) is 5.56 Å². The molecule has 0 radical (unpaired) electrons. The van der Waals surface area contributed by atoms with E-state index in [1.807, 2.05) is 18.2 Å². The van der Waals surface area contributed by atoms with E-state index >= 15 is 0 Å². The lowest BCUT2D eigenvalue weighted by Gasteiger charge is -2.35. The lowest BCUT2D eigenvalue weighted by molar-refractivity contribution is -0.124. The molecule has 1 aromatic carbocycles. The van der Waals surface area contributed by atoms with Crippen molar-refractivity contribution in [2.24, 2.45) is 0 Å². The topological polar surface area (TPSA) is 59.4 Å². The van der Waals surface area contributed by atoms with Crippen molar-refractivity contribution in [3.8, 4) is 6.07 Å². The number of amides is 1. The quantitative estimate of drug-likeness (QED) is 0.787. The molecule has 0 spiro atoms. The van der Waals surface area contributed by atoms with Crippen molar-refractivity contribution in [3.05, 3.63) is 34.9 Å². The van der Waals surface area contributed by atoms with Gasteiger partial charge in [-0.15, -0.1) is 0 Å². The minimum atomic E-state index is -0.651. The Morgan fingerprint density at radius 1 is 1.11 bits per heavy atom. The highest BCUT2D eigenvalue weighted by molar-refractivity contribution is 6.30. The normalized spacial score (nSPS) is 21.2. The maximum absolute atomic E-state index is 12.5. The Hall–Kier alpha value is -1.61. The second-order valence-corrected chi connectivity index (χ2v) is 8.27. The van der Waals surface area contributed by atoms with Crippen molar-refractivity contribution in [1.82, 2.24) is 15.1 Å². The molecule has 1 saturated carbocycles. The average molecular weight is 389 g/mol. The van der Waals surface area contributed by atoms with Crippen LogP contribution in [0.25, 0.3) is 0 Å². The summed E-state index contributed by atoms with van der Waals surface area (Å²) in [7, 11) is 0. The third-order valence-corrected chi connectivity index (χ3v) is 5.91. The Bertz CT molecular complexity index is 671. The average Bonchev–Trinajstić information content (AvgIpc) is 2.89. The van der Waals surface area contributed by atoms with Crippen LogP contribution in [0.5, 0.6) is 0 Å². The fourth-order valence-corrected chi connectivity index (χ4v) is 4.32. The van der Waals surface area contributed by atoms with Gasteiger partial charge in [-0.3, -0.25) is 14.6 Å². The van der Waals surface area contributed by atoms with E-state index in [0.717, 1.165) is 76.3 Å². The number of hydrogen-bond acceptors (Lipinski definition) is 4. The van der Waals surface area contributed by atoms with Crippen molar-refractivity contribution in [2.75, 3.05) is 32.7 Å². The number of rotatable bonds is 5. The number of nitrogens with zero attached hydrogens (tertiary/aromatic N) is 3. The summed E-state index contributed by atoms with van der Waals surface area (Å²) in [6, 6.07) is 10.4. The van der Waals surface area contributed by atoms with Gasteiger partial charge >= 0.3 is 0 Å². The second kappa shape index (κ2) is 9.54.